The zero-order chi connectivity index (χ0) is 14.2. The molecule has 102 valence electrons. The van der Waals surface area contributed by atoms with Crippen LogP contribution in [0.25, 0.3) is 6.08 Å². The molecule has 2 aromatic rings. The van der Waals surface area contributed by atoms with Gasteiger partial charge in [-0.2, -0.15) is 0 Å². The summed E-state index contributed by atoms with van der Waals surface area (Å²) in [5.41, 5.74) is 0.998. The Morgan fingerprint density at radius 2 is 1.60 bits per heavy atom. The lowest BCUT2D eigenvalue weighted by Crippen LogP contribution is -2.26. The van der Waals surface area contributed by atoms with E-state index < -0.39 is 12.1 Å². The molecule has 0 aromatic heterocycles. The minimum atomic E-state index is -0.761. The molecule has 0 N–H and O–H groups in total. The number of carbonyl (C=O) groups is 1. The van der Waals surface area contributed by atoms with Gasteiger partial charge in [0.2, 0.25) is 6.10 Å². The van der Waals surface area contributed by atoms with Crippen molar-refractivity contribution in [2.75, 3.05) is 7.11 Å². The summed E-state index contributed by atoms with van der Waals surface area (Å²) in [5.74, 6) is 0.196. The Morgan fingerprint density at radius 1 is 1.00 bits per heavy atom. The van der Waals surface area contributed by atoms with Crippen LogP contribution in [0.1, 0.15) is 5.56 Å². The summed E-state index contributed by atoms with van der Waals surface area (Å²) < 4.78 is 10.4. The van der Waals surface area contributed by atoms with Gasteiger partial charge in [0.1, 0.15) is 5.75 Å². The maximum absolute atomic E-state index is 11.7. The number of methoxy groups -OCH3 is 1. The molecular formula is C17H16O3. The lowest BCUT2D eigenvalue weighted by Gasteiger charge is -2.13. The highest BCUT2D eigenvalue weighted by atomic mass is 16.6. The molecule has 0 aliphatic rings. The minimum Gasteiger partial charge on any atom is -0.475 e. The van der Waals surface area contributed by atoms with Crippen molar-refractivity contribution in [2.45, 2.75) is 6.10 Å². The fourth-order valence-corrected chi connectivity index (χ4v) is 1.69. The number of para-hydroxylation sites is 1. The maximum atomic E-state index is 11.7. The molecule has 1 atom stereocenters. The second-order valence-electron chi connectivity index (χ2n) is 4.14. The first-order valence-corrected chi connectivity index (χ1v) is 6.32. The standard InChI is InChI=1S/C17H16O3/c1-19-17(18)16(20-15-10-6-3-7-11-15)13-12-14-8-4-2-5-9-14/h2-13,16H,1H3/b13-12+. The van der Waals surface area contributed by atoms with Gasteiger partial charge in [-0.15, -0.1) is 0 Å². The molecule has 0 aliphatic heterocycles. The van der Waals surface area contributed by atoms with Crippen LogP contribution in [-0.2, 0) is 9.53 Å². The lowest BCUT2D eigenvalue weighted by atomic mass is 10.2. The summed E-state index contributed by atoms with van der Waals surface area (Å²) in [6, 6.07) is 18.9. The van der Waals surface area contributed by atoms with Crippen LogP contribution in [0.3, 0.4) is 0 Å². The molecule has 0 saturated heterocycles. The zero-order valence-corrected chi connectivity index (χ0v) is 11.2. The molecular weight excluding hydrogens is 252 g/mol. The molecule has 3 nitrogen and oxygen atoms in total. The average molecular weight is 268 g/mol. The van der Waals surface area contributed by atoms with Gasteiger partial charge in [0.15, 0.2) is 0 Å². The zero-order valence-electron chi connectivity index (χ0n) is 11.2. The van der Waals surface area contributed by atoms with E-state index in [2.05, 4.69) is 0 Å². The van der Waals surface area contributed by atoms with E-state index in [-0.39, 0.29) is 0 Å². The van der Waals surface area contributed by atoms with Crippen LogP contribution in [-0.4, -0.2) is 19.2 Å². The Bertz CT molecular complexity index is 561. The van der Waals surface area contributed by atoms with Crippen molar-refractivity contribution < 1.29 is 14.3 Å². The molecule has 0 saturated carbocycles. The Kier molecular flexibility index (Phi) is 4.95. The second kappa shape index (κ2) is 7.14. The van der Waals surface area contributed by atoms with Crippen LogP contribution in [0.4, 0.5) is 0 Å². The third kappa shape index (κ3) is 3.99. The highest BCUT2D eigenvalue weighted by Crippen LogP contribution is 2.13. The van der Waals surface area contributed by atoms with Crippen LogP contribution in [0.15, 0.2) is 66.7 Å². The second-order valence-corrected chi connectivity index (χ2v) is 4.14. The van der Waals surface area contributed by atoms with E-state index >= 15 is 0 Å². The molecule has 0 amide bonds. The molecule has 3 heteroatoms. The first-order chi connectivity index (χ1) is 9.79. The minimum absolute atomic E-state index is 0.430. The largest absolute Gasteiger partial charge is 0.475 e. The Hall–Kier alpha value is -2.55. The van der Waals surface area contributed by atoms with Gasteiger partial charge < -0.3 is 9.47 Å². The van der Waals surface area contributed by atoms with Crippen molar-refractivity contribution in [3.8, 4) is 5.75 Å². The van der Waals surface area contributed by atoms with Crippen LogP contribution in [0, 0.1) is 0 Å². The van der Waals surface area contributed by atoms with E-state index in [1.165, 1.54) is 7.11 Å². The molecule has 0 aliphatic carbocycles. The Morgan fingerprint density at radius 3 is 2.20 bits per heavy atom. The van der Waals surface area contributed by atoms with Crippen molar-refractivity contribution in [2.24, 2.45) is 0 Å². The monoisotopic (exact) mass is 268 g/mol. The number of hydrogen-bond donors (Lipinski definition) is 0. The number of esters is 1. The van der Waals surface area contributed by atoms with Crippen LogP contribution in [0.5, 0.6) is 5.75 Å². The van der Waals surface area contributed by atoms with Crippen LogP contribution < -0.4 is 4.74 Å². The molecule has 0 radical (unpaired) electrons. The summed E-state index contributed by atoms with van der Waals surface area (Å²) in [5, 5.41) is 0. The van der Waals surface area contributed by atoms with E-state index in [1.807, 2.05) is 54.6 Å². The van der Waals surface area contributed by atoms with Crippen molar-refractivity contribution in [3.05, 3.63) is 72.3 Å². The van der Waals surface area contributed by atoms with Gasteiger partial charge in [0, 0.05) is 0 Å². The SMILES string of the molecule is COC(=O)C(/C=C/c1ccccc1)Oc1ccccc1. The van der Waals surface area contributed by atoms with E-state index in [4.69, 9.17) is 9.47 Å². The van der Waals surface area contributed by atoms with E-state index in [9.17, 15) is 4.79 Å². The third-order valence-corrected chi connectivity index (χ3v) is 2.70. The number of rotatable bonds is 5. The predicted molar refractivity (Wildman–Crippen MR) is 78.4 cm³/mol. The molecule has 2 aromatic carbocycles. The fourth-order valence-electron chi connectivity index (χ4n) is 1.69. The summed E-state index contributed by atoms with van der Waals surface area (Å²) >= 11 is 0. The molecule has 1 unspecified atom stereocenters. The van der Waals surface area contributed by atoms with Crippen molar-refractivity contribution in [1.29, 1.82) is 0 Å². The van der Waals surface area contributed by atoms with Gasteiger partial charge >= 0.3 is 5.97 Å². The molecule has 0 fully saturated rings. The lowest BCUT2D eigenvalue weighted by molar-refractivity contribution is -0.146. The summed E-state index contributed by atoms with van der Waals surface area (Å²) in [6.45, 7) is 0. The molecule has 20 heavy (non-hydrogen) atoms. The van der Waals surface area contributed by atoms with Gasteiger partial charge in [-0.3, -0.25) is 0 Å². The first-order valence-electron chi connectivity index (χ1n) is 6.32. The van der Waals surface area contributed by atoms with E-state index in [1.54, 1.807) is 18.2 Å². The van der Waals surface area contributed by atoms with Crippen molar-refractivity contribution >= 4 is 12.0 Å². The molecule has 0 heterocycles. The summed E-state index contributed by atoms with van der Waals surface area (Å²) in [4.78, 5) is 11.7. The number of hydrogen-bond acceptors (Lipinski definition) is 3. The Labute approximate surface area is 118 Å². The van der Waals surface area contributed by atoms with Gasteiger partial charge in [0.05, 0.1) is 7.11 Å². The quantitative estimate of drug-likeness (QED) is 0.780. The van der Waals surface area contributed by atoms with Crippen LogP contribution >= 0.6 is 0 Å². The van der Waals surface area contributed by atoms with Gasteiger partial charge in [-0.1, -0.05) is 54.6 Å². The van der Waals surface area contributed by atoms with Crippen LogP contribution in [0.2, 0.25) is 0 Å². The number of ether oxygens (including phenoxy) is 2. The smallest absolute Gasteiger partial charge is 0.351 e. The highest BCUT2D eigenvalue weighted by Gasteiger charge is 2.17. The van der Waals surface area contributed by atoms with E-state index in [0.717, 1.165) is 5.56 Å². The first kappa shape index (κ1) is 13.9. The summed E-state index contributed by atoms with van der Waals surface area (Å²) in [7, 11) is 1.35. The number of benzene rings is 2. The van der Waals surface area contributed by atoms with Gasteiger partial charge in [-0.25, -0.2) is 4.79 Å². The van der Waals surface area contributed by atoms with Gasteiger partial charge in [0.25, 0.3) is 0 Å². The molecule has 0 bridgehead atoms. The molecule has 2 rings (SSSR count). The van der Waals surface area contributed by atoms with E-state index in [0.29, 0.717) is 5.75 Å². The highest BCUT2D eigenvalue weighted by molar-refractivity contribution is 5.78. The van der Waals surface area contributed by atoms with Gasteiger partial charge in [-0.05, 0) is 23.8 Å². The fraction of sp³-hybridized carbons (Fsp3) is 0.118. The number of carbonyl (C=O) groups excluding carboxylic acids is 1. The predicted octanol–water partition coefficient (Wildman–Crippen LogP) is 3.32. The summed E-state index contributed by atoms with van der Waals surface area (Å²) in [6.07, 6.45) is 2.77. The van der Waals surface area contributed by atoms with Crippen molar-refractivity contribution in [3.63, 3.8) is 0 Å². The Balaban J connectivity index is 2.12. The maximum Gasteiger partial charge on any atom is 0.351 e. The third-order valence-electron chi connectivity index (χ3n) is 2.70. The normalized spacial score (nSPS) is 12.1. The molecule has 0 spiro atoms. The topological polar surface area (TPSA) is 35.5 Å². The average Bonchev–Trinajstić information content (AvgIpc) is 2.52. The van der Waals surface area contributed by atoms with Crippen molar-refractivity contribution in [1.82, 2.24) is 0 Å².